The average molecular weight is 366 g/mol. The van der Waals surface area contributed by atoms with Crippen molar-refractivity contribution in [3.63, 3.8) is 0 Å². The highest BCUT2D eigenvalue weighted by Crippen LogP contribution is 2.43. The van der Waals surface area contributed by atoms with Gasteiger partial charge in [0, 0.05) is 0 Å². The van der Waals surface area contributed by atoms with Gasteiger partial charge in [-0.15, -0.1) is 0 Å². The van der Waals surface area contributed by atoms with E-state index in [4.69, 9.17) is 18.6 Å². The lowest BCUT2D eigenvalue weighted by atomic mass is 10.2. The van der Waals surface area contributed by atoms with E-state index in [2.05, 4.69) is 20.3 Å². The number of ether oxygens (including phenoxy) is 3. The highest BCUT2D eigenvalue weighted by Gasteiger charge is 2.19. The Morgan fingerprint density at radius 1 is 1.00 bits per heavy atom. The lowest BCUT2D eigenvalue weighted by molar-refractivity contribution is 0.327. The fraction of sp³-hybridized carbons (Fsp3) is 0.211. The number of oxazole rings is 1. The van der Waals surface area contributed by atoms with Crippen molar-refractivity contribution >= 4 is 27.8 Å². The van der Waals surface area contributed by atoms with Crippen molar-refractivity contribution in [2.24, 2.45) is 0 Å². The highest BCUT2D eigenvalue weighted by atomic mass is 16.5. The molecule has 0 spiro atoms. The summed E-state index contributed by atoms with van der Waals surface area (Å²) in [4.78, 5) is 13.1. The van der Waals surface area contributed by atoms with Crippen molar-refractivity contribution in [2.75, 3.05) is 26.6 Å². The van der Waals surface area contributed by atoms with Crippen molar-refractivity contribution in [3.8, 4) is 17.2 Å². The minimum atomic E-state index is 0.372. The predicted molar refractivity (Wildman–Crippen MR) is 101 cm³/mol. The molecule has 0 saturated carbocycles. The van der Waals surface area contributed by atoms with Crippen molar-refractivity contribution in [1.29, 1.82) is 0 Å². The first-order chi connectivity index (χ1) is 13.2. The van der Waals surface area contributed by atoms with Crippen LogP contribution in [0.1, 0.15) is 5.89 Å². The Morgan fingerprint density at radius 3 is 2.56 bits per heavy atom. The quantitative estimate of drug-likeness (QED) is 0.555. The number of hydrogen-bond acceptors (Lipinski definition) is 8. The Bertz CT molecular complexity index is 1080. The number of nitrogens with one attached hydrogen (secondary N) is 1. The summed E-state index contributed by atoms with van der Waals surface area (Å²) >= 11 is 0. The summed E-state index contributed by atoms with van der Waals surface area (Å²) in [5.41, 5.74) is 2.18. The fourth-order valence-electron chi connectivity index (χ4n) is 2.96. The third kappa shape index (κ3) is 2.95. The van der Waals surface area contributed by atoms with Crippen LogP contribution < -0.4 is 19.5 Å². The molecule has 2 aromatic carbocycles. The van der Waals surface area contributed by atoms with Gasteiger partial charge in [-0.05, 0) is 18.2 Å². The van der Waals surface area contributed by atoms with E-state index in [1.165, 1.54) is 6.33 Å². The molecule has 0 unspecified atom stereocenters. The minimum Gasteiger partial charge on any atom is -0.493 e. The van der Waals surface area contributed by atoms with E-state index in [1.807, 2.05) is 30.3 Å². The maximum Gasteiger partial charge on any atom is 0.214 e. The summed E-state index contributed by atoms with van der Waals surface area (Å²) in [6.07, 6.45) is 1.46. The van der Waals surface area contributed by atoms with E-state index < -0.39 is 0 Å². The second-order valence-electron chi connectivity index (χ2n) is 5.69. The van der Waals surface area contributed by atoms with Crippen LogP contribution in [-0.2, 0) is 6.54 Å². The lowest BCUT2D eigenvalue weighted by Crippen LogP contribution is -2.04. The number of methoxy groups -OCH3 is 3. The van der Waals surface area contributed by atoms with Crippen LogP contribution in [0.15, 0.2) is 41.1 Å². The molecule has 27 heavy (non-hydrogen) atoms. The zero-order valence-corrected chi connectivity index (χ0v) is 15.1. The summed E-state index contributed by atoms with van der Waals surface area (Å²) in [6.45, 7) is 0.372. The summed E-state index contributed by atoms with van der Waals surface area (Å²) in [7, 11) is 4.68. The molecule has 8 heteroatoms. The van der Waals surface area contributed by atoms with Crippen LogP contribution in [0.4, 0.5) is 5.82 Å². The van der Waals surface area contributed by atoms with Gasteiger partial charge in [0.2, 0.25) is 11.6 Å². The molecule has 0 fully saturated rings. The average Bonchev–Trinajstić information content (AvgIpc) is 3.13. The van der Waals surface area contributed by atoms with Gasteiger partial charge >= 0.3 is 0 Å². The van der Waals surface area contributed by atoms with E-state index in [-0.39, 0.29) is 0 Å². The molecule has 8 nitrogen and oxygen atoms in total. The number of hydrogen-bond donors (Lipinski definition) is 1. The van der Waals surface area contributed by atoms with E-state index >= 15 is 0 Å². The zero-order valence-electron chi connectivity index (χ0n) is 15.1. The first kappa shape index (κ1) is 16.9. The monoisotopic (exact) mass is 366 g/mol. The Morgan fingerprint density at radius 2 is 1.81 bits per heavy atom. The van der Waals surface area contributed by atoms with Crippen molar-refractivity contribution in [2.45, 2.75) is 6.54 Å². The maximum absolute atomic E-state index is 5.74. The standard InChI is InChI=1S/C19H18N4O4/c1-24-14-8-11-16(18(26-3)17(14)25-2)21-10-22-19(11)20-9-15-23-12-6-4-5-7-13(12)27-15/h4-8,10H,9H2,1-3H3,(H,20,21,22). The second kappa shape index (κ2) is 6.99. The molecule has 2 aromatic heterocycles. The third-order valence-corrected chi connectivity index (χ3v) is 4.18. The van der Waals surface area contributed by atoms with Crippen LogP contribution in [0, 0.1) is 0 Å². The van der Waals surface area contributed by atoms with Gasteiger partial charge < -0.3 is 23.9 Å². The molecule has 1 N–H and O–H groups in total. The molecule has 4 aromatic rings. The Labute approximate surface area is 155 Å². The largest absolute Gasteiger partial charge is 0.493 e. The van der Waals surface area contributed by atoms with Crippen LogP contribution in [0.5, 0.6) is 17.2 Å². The van der Waals surface area contributed by atoms with E-state index in [1.54, 1.807) is 21.3 Å². The van der Waals surface area contributed by atoms with Crippen LogP contribution in [0.2, 0.25) is 0 Å². The van der Waals surface area contributed by atoms with Gasteiger partial charge in [0.25, 0.3) is 0 Å². The molecular weight excluding hydrogens is 348 g/mol. The molecule has 0 aliphatic carbocycles. The van der Waals surface area contributed by atoms with Gasteiger partial charge in [0.05, 0.1) is 33.3 Å². The molecule has 0 bridgehead atoms. The Hall–Kier alpha value is -3.55. The predicted octanol–water partition coefficient (Wildman–Crippen LogP) is 3.41. The smallest absolute Gasteiger partial charge is 0.214 e. The Kier molecular flexibility index (Phi) is 4.37. The molecule has 0 amide bonds. The molecule has 0 atom stereocenters. The number of benzene rings is 2. The van der Waals surface area contributed by atoms with Gasteiger partial charge in [-0.25, -0.2) is 15.0 Å². The van der Waals surface area contributed by atoms with E-state index in [0.29, 0.717) is 41.0 Å². The van der Waals surface area contributed by atoms with Gasteiger partial charge in [0.1, 0.15) is 23.2 Å². The number of nitrogens with zero attached hydrogens (tertiary/aromatic N) is 3. The highest BCUT2D eigenvalue weighted by molar-refractivity contribution is 5.96. The molecular formula is C19H18N4O4. The van der Waals surface area contributed by atoms with Crippen molar-refractivity contribution in [1.82, 2.24) is 15.0 Å². The number of para-hydroxylation sites is 2. The maximum atomic E-state index is 5.74. The lowest BCUT2D eigenvalue weighted by Gasteiger charge is -2.15. The Balaban J connectivity index is 1.73. The number of rotatable bonds is 6. The van der Waals surface area contributed by atoms with Gasteiger partial charge in [-0.2, -0.15) is 0 Å². The SMILES string of the molecule is COc1cc2c(NCc3nc4ccccc4o3)ncnc2c(OC)c1OC. The molecule has 0 saturated heterocycles. The first-order valence-corrected chi connectivity index (χ1v) is 8.27. The zero-order chi connectivity index (χ0) is 18.8. The van der Waals surface area contributed by atoms with Crippen molar-refractivity contribution in [3.05, 3.63) is 42.5 Å². The number of anilines is 1. The summed E-state index contributed by atoms with van der Waals surface area (Å²) < 4.78 is 22.1. The molecule has 138 valence electrons. The summed E-state index contributed by atoms with van der Waals surface area (Å²) in [6, 6.07) is 9.43. The van der Waals surface area contributed by atoms with Crippen LogP contribution in [-0.4, -0.2) is 36.3 Å². The van der Waals surface area contributed by atoms with E-state index in [9.17, 15) is 0 Å². The number of fused-ring (bicyclic) bond motifs is 2. The first-order valence-electron chi connectivity index (χ1n) is 8.27. The van der Waals surface area contributed by atoms with Gasteiger partial charge in [0.15, 0.2) is 17.1 Å². The second-order valence-corrected chi connectivity index (χ2v) is 5.69. The van der Waals surface area contributed by atoms with Crippen molar-refractivity contribution < 1.29 is 18.6 Å². The number of aromatic nitrogens is 3. The van der Waals surface area contributed by atoms with Gasteiger partial charge in [-0.3, -0.25) is 0 Å². The molecule has 0 aliphatic heterocycles. The third-order valence-electron chi connectivity index (χ3n) is 4.18. The summed E-state index contributed by atoms with van der Waals surface area (Å²) in [5, 5.41) is 3.98. The summed E-state index contributed by atoms with van der Waals surface area (Å²) in [5.74, 6) is 2.67. The van der Waals surface area contributed by atoms with Gasteiger partial charge in [-0.1, -0.05) is 12.1 Å². The topological polar surface area (TPSA) is 91.5 Å². The minimum absolute atomic E-state index is 0.372. The van der Waals surface area contributed by atoms with Crippen LogP contribution in [0.3, 0.4) is 0 Å². The molecule has 0 radical (unpaired) electrons. The molecule has 2 heterocycles. The normalized spacial score (nSPS) is 10.9. The van der Waals surface area contributed by atoms with Crippen LogP contribution >= 0.6 is 0 Å². The molecule has 4 rings (SSSR count). The van der Waals surface area contributed by atoms with Crippen LogP contribution in [0.25, 0.3) is 22.0 Å². The molecule has 0 aliphatic rings. The van der Waals surface area contributed by atoms with E-state index in [0.717, 1.165) is 16.5 Å². The fourth-order valence-corrected chi connectivity index (χ4v) is 2.96.